The van der Waals surface area contributed by atoms with E-state index >= 15 is 0 Å². The monoisotopic (exact) mass is 416 g/mol. The first-order valence-electron chi connectivity index (χ1n) is 10.1. The van der Waals surface area contributed by atoms with Gasteiger partial charge in [-0.3, -0.25) is 14.6 Å². The highest BCUT2D eigenvalue weighted by molar-refractivity contribution is 6.25. The molecule has 0 N–H and O–H groups in total. The molecule has 0 radical (unpaired) electrons. The van der Waals surface area contributed by atoms with Crippen LogP contribution in [0.3, 0.4) is 0 Å². The predicted molar refractivity (Wildman–Crippen MR) is 111 cm³/mol. The second kappa shape index (κ2) is 7.42. The topological polar surface area (TPSA) is 104 Å². The molecule has 3 aromatic rings. The van der Waals surface area contributed by atoms with Gasteiger partial charge >= 0.3 is 0 Å². The van der Waals surface area contributed by atoms with Crippen molar-refractivity contribution in [1.29, 1.82) is 0 Å². The van der Waals surface area contributed by atoms with Crippen molar-refractivity contribution in [3.63, 3.8) is 0 Å². The zero-order valence-corrected chi connectivity index (χ0v) is 17.0. The summed E-state index contributed by atoms with van der Waals surface area (Å²) in [7, 11) is 0. The summed E-state index contributed by atoms with van der Waals surface area (Å²) in [5.74, 6) is 0.356. The molecule has 9 nitrogen and oxygen atoms in total. The molecular weight excluding hydrogens is 396 g/mol. The lowest BCUT2D eigenvalue weighted by atomic mass is 10.0. The first kappa shape index (κ1) is 19.1. The zero-order valence-electron chi connectivity index (χ0n) is 17.0. The maximum absolute atomic E-state index is 13.1. The number of rotatable bonds is 5. The van der Waals surface area contributed by atoms with E-state index in [0.29, 0.717) is 23.3 Å². The van der Waals surface area contributed by atoms with E-state index in [1.807, 2.05) is 42.5 Å². The summed E-state index contributed by atoms with van der Waals surface area (Å²) < 4.78 is 5.32. The molecule has 0 unspecified atom stereocenters. The summed E-state index contributed by atoms with van der Waals surface area (Å²) in [6.07, 6.45) is 0. The predicted octanol–water partition coefficient (Wildman–Crippen LogP) is 3.35. The molecule has 156 valence electrons. The molecule has 2 aliphatic heterocycles. The van der Waals surface area contributed by atoms with E-state index < -0.39 is 12.1 Å². The van der Waals surface area contributed by atoms with E-state index in [9.17, 15) is 9.59 Å². The molecule has 5 rings (SSSR count). The Balaban J connectivity index is 1.35. The van der Waals surface area contributed by atoms with Crippen LogP contribution in [0.25, 0.3) is 11.4 Å². The van der Waals surface area contributed by atoms with Crippen LogP contribution >= 0.6 is 0 Å². The number of carbonyl (C=O) groups excluding carboxylic acids is 2. The van der Waals surface area contributed by atoms with Crippen LogP contribution in [0.15, 0.2) is 69.5 Å². The first-order chi connectivity index (χ1) is 15.0. The number of benzene rings is 2. The summed E-state index contributed by atoms with van der Waals surface area (Å²) >= 11 is 0. The van der Waals surface area contributed by atoms with Crippen molar-refractivity contribution in [3.05, 3.63) is 66.1 Å². The van der Waals surface area contributed by atoms with Gasteiger partial charge in [0.1, 0.15) is 6.54 Å². The largest absolute Gasteiger partial charge is 0.337 e. The molecule has 0 bridgehead atoms. The van der Waals surface area contributed by atoms with E-state index in [1.54, 1.807) is 12.1 Å². The van der Waals surface area contributed by atoms with Crippen LogP contribution in [-0.4, -0.2) is 39.0 Å². The fourth-order valence-corrected chi connectivity index (χ4v) is 3.78. The van der Waals surface area contributed by atoms with Crippen LogP contribution in [0.1, 0.15) is 31.2 Å². The van der Waals surface area contributed by atoms with Crippen LogP contribution in [0.5, 0.6) is 0 Å². The lowest BCUT2D eigenvalue weighted by Crippen LogP contribution is -2.39. The number of fused-ring (bicyclic) bond motifs is 1. The van der Waals surface area contributed by atoms with Crippen molar-refractivity contribution >= 4 is 17.5 Å². The van der Waals surface area contributed by atoms with Gasteiger partial charge in [-0.05, 0) is 23.6 Å². The van der Waals surface area contributed by atoms with E-state index in [0.717, 1.165) is 11.1 Å². The molecule has 3 heterocycles. The van der Waals surface area contributed by atoms with E-state index in [2.05, 4.69) is 34.3 Å². The first-order valence-corrected chi connectivity index (χ1v) is 10.1. The Bertz CT molecular complexity index is 1160. The summed E-state index contributed by atoms with van der Waals surface area (Å²) in [5, 5.41) is 13.5. The van der Waals surface area contributed by atoms with Gasteiger partial charge in [-0.2, -0.15) is 10.1 Å². The standard InChI is InChI=1S/C22H20N6O3/c1-13(2)14-8-10-16(11-9-14)28-21(29)18-19(22(28)30)27(26-24-18)12-17-23-20(25-31-17)15-6-4-3-5-7-15/h3-11,13,18-19H,12H2,1-2H3/t18-,19+/m0/s1. The van der Waals surface area contributed by atoms with Crippen LogP contribution in [0, 0.1) is 0 Å². The minimum Gasteiger partial charge on any atom is -0.337 e. The molecule has 0 saturated carbocycles. The quantitative estimate of drug-likeness (QED) is 0.591. The van der Waals surface area contributed by atoms with Crippen LogP contribution in [0.2, 0.25) is 0 Å². The van der Waals surface area contributed by atoms with Crippen molar-refractivity contribution in [3.8, 4) is 11.4 Å². The second-order valence-corrected chi connectivity index (χ2v) is 7.83. The highest BCUT2D eigenvalue weighted by atomic mass is 16.5. The Labute approximate surface area is 178 Å². The lowest BCUT2D eigenvalue weighted by Gasteiger charge is -2.19. The Morgan fingerprint density at radius 3 is 2.45 bits per heavy atom. The van der Waals surface area contributed by atoms with Gasteiger partial charge in [0, 0.05) is 5.56 Å². The van der Waals surface area contributed by atoms with E-state index in [1.165, 1.54) is 9.91 Å². The number of imide groups is 1. The smallest absolute Gasteiger partial charge is 0.263 e. The SMILES string of the molecule is CC(C)c1ccc(N2C(=O)[C@H]3N=NN(Cc4nc(-c5ccccc5)no4)[C@H]3C2=O)cc1. The maximum atomic E-state index is 13.1. The summed E-state index contributed by atoms with van der Waals surface area (Å²) in [4.78, 5) is 31.6. The fraction of sp³-hybridized carbons (Fsp3) is 0.273. The van der Waals surface area contributed by atoms with Crippen molar-refractivity contribution in [2.24, 2.45) is 10.3 Å². The minimum absolute atomic E-state index is 0.0870. The lowest BCUT2D eigenvalue weighted by molar-refractivity contribution is -0.123. The van der Waals surface area contributed by atoms with E-state index in [-0.39, 0.29) is 18.4 Å². The molecule has 1 aromatic heterocycles. The van der Waals surface area contributed by atoms with E-state index in [4.69, 9.17) is 4.52 Å². The number of amides is 2. The average Bonchev–Trinajstić information content (AvgIpc) is 3.47. The molecule has 2 atom stereocenters. The highest BCUT2D eigenvalue weighted by Gasteiger charge is 2.55. The molecule has 0 aliphatic carbocycles. The number of anilines is 1. The van der Waals surface area contributed by atoms with Gasteiger partial charge in [0.2, 0.25) is 11.7 Å². The molecule has 9 heteroatoms. The highest BCUT2D eigenvalue weighted by Crippen LogP contribution is 2.33. The molecule has 1 saturated heterocycles. The normalized spacial score (nSPS) is 20.2. The Morgan fingerprint density at radius 2 is 1.74 bits per heavy atom. The molecule has 1 fully saturated rings. The molecule has 2 amide bonds. The molecular formula is C22H20N6O3. The minimum atomic E-state index is -0.867. The summed E-state index contributed by atoms with van der Waals surface area (Å²) in [6, 6.07) is 15.2. The van der Waals surface area contributed by atoms with Gasteiger partial charge < -0.3 is 4.52 Å². The third-order valence-electron chi connectivity index (χ3n) is 5.47. The Morgan fingerprint density at radius 1 is 1.00 bits per heavy atom. The number of aromatic nitrogens is 2. The van der Waals surface area contributed by atoms with Gasteiger partial charge in [-0.1, -0.05) is 66.7 Å². The Kier molecular flexibility index (Phi) is 4.58. The van der Waals surface area contributed by atoms with Crippen molar-refractivity contribution in [2.45, 2.75) is 38.4 Å². The van der Waals surface area contributed by atoms with Gasteiger partial charge in [0.25, 0.3) is 11.8 Å². The second-order valence-electron chi connectivity index (χ2n) is 7.83. The number of nitrogens with zero attached hydrogens (tertiary/aromatic N) is 6. The molecule has 2 aromatic carbocycles. The van der Waals surface area contributed by atoms with Crippen molar-refractivity contribution < 1.29 is 14.1 Å². The van der Waals surface area contributed by atoms with Crippen LogP contribution in [-0.2, 0) is 16.1 Å². The zero-order chi connectivity index (χ0) is 21.5. The third kappa shape index (κ3) is 3.27. The Hall–Kier alpha value is -3.88. The number of hydrogen-bond acceptors (Lipinski definition) is 8. The number of hydrogen-bond donors (Lipinski definition) is 0. The van der Waals surface area contributed by atoms with Gasteiger partial charge in [-0.15, -0.1) is 0 Å². The number of carbonyl (C=O) groups is 2. The summed E-state index contributed by atoms with van der Waals surface area (Å²) in [6.45, 7) is 4.26. The van der Waals surface area contributed by atoms with Crippen LogP contribution in [0.4, 0.5) is 5.69 Å². The average molecular weight is 416 g/mol. The van der Waals surface area contributed by atoms with Crippen LogP contribution < -0.4 is 4.90 Å². The summed E-state index contributed by atoms with van der Waals surface area (Å²) in [5.41, 5.74) is 2.49. The molecule has 0 spiro atoms. The van der Waals surface area contributed by atoms with Crippen molar-refractivity contribution in [2.75, 3.05) is 4.90 Å². The molecule has 31 heavy (non-hydrogen) atoms. The molecule has 2 aliphatic rings. The van der Waals surface area contributed by atoms with Gasteiger partial charge in [-0.25, -0.2) is 4.90 Å². The van der Waals surface area contributed by atoms with Gasteiger partial charge in [0.15, 0.2) is 12.1 Å². The van der Waals surface area contributed by atoms with Gasteiger partial charge in [0.05, 0.1) is 5.69 Å². The maximum Gasteiger partial charge on any atom is 0.263 e. The van der Waals surface area contributed by atoms with Crippen molar-refractivity contribution in [1.82, 2.24) is 15.1 Å². The fourth-order valence-electron chi connectivity index (χ4n) is 3.78. The third-order valence-corrected chi connectivity index (χ3v) is 5.47.